The van der Waals surface area contributed by atoms with E-state index in [1.54, 1.807) is 86.9 Å². The van der Waals surface area contributed by atoms with Gasteiger partial charge in [0.25, 0.3) is 11.8 Å². The lowest BCUT2D eigenvalue weighted by molar-refractivity contribution is 0.0950. The number of aryl methyl sites for hydroxylation is 2. The van der Waals surface area contributed by atoms with Crippen LogP contribution in [0.5, 0.6) is 23.0 Å². The molecule has 0 unspecified atom stereocenters. The fraction of sp³-hybridized carbons (Fsp3) is 0.304. The minimum Gasteiger partial charge on any atom is -0.457 e. The number of nitrogens with two attached hydrogens (primary N) is 1. The zero-order valence-corrected chi connectivity index (χ0v) is 42.9. The van der Waals surface area contributed by atoms with Gasteiger partial charge in [-0.1, -0.05) is 76.3 Å². The summed E-state index contributed by atoms with van der Waals surface area (Å²) in [6.07, 6.45) is 2.34. The molecule has 5 amide bonds. The van der Waals surface area contributed by atoms with Gasteiger partial charge in [0.15, 0.2) is 10.3 Å². The number of anilines is 4. The van der Waals surface area contributed by atoms with Gasteiger partial charge in [0.1, 0.15) is 41.0 Å². The summed E-state index contributed by atoms with van der Waals surface area (Å²) >= 11 is 19.3. The van der Waals surface area contributed by atoms with Gasteiger partial charge in [-0.15, -0.1) is 22.7 Å². The first-order valence-corrected chi connectivity index (χ1v) is 23.3. The molecule has 0 saturated heterocycles. The molecule has 4 heterocycles. The molecule has 22 heteroatoms. The average molecular weight is 1030 g/mol. The summed E-state index contributed by atoms with van der Waals surface area (Å²) in [6, 6.07) is 20.0. The Balaban J connectivity index is 0.000000236. The van der Waals surface area contributed by atoms with Gasteiger partial charge >= 0.3 is 12.1 Å². The minimum absolute atomic E-state index is 0.0239. The molecule has 362 valence electrons. The Morgan fingerprint density at radius 2 is 1.04 bits per heavy atom. The van der Waals surface area contributed by atoms with Gasteiger partial charge in [0.05, 0.1) is 11.4 Å². The maximum absolute atomic E-state index is 12.3. The number of ether oxygens (including phenoxy) is 3. The van der Waals surface area contributed by atoms with Crippen LogP contribution in [0.15, 0.2) is 85.2 Å². The Hall–Kier alpha value is -6.25. The van der Waals surface area contributed by atoms with E-state index < -0.39 is 9.89 Å². The zero-order valence-electron chi connectivity index (χ0n) is 39.0. The van der Waals surface area contributed by atoms with Crippen molar-refractivity contribution in [3.05, 3.63) is 118 Å². The number of nitrogens with zero attached hydrogens (tertiary/aromatic N) is 4. The summed E-state index contributed by atoms with van der Waals surface area (Å²) < 4.78 is 14.5. The molecule has 0 spiro atoms. The molecular formula is C46H53Cl3N10O7S2. The maximum atomic E-state index is 12.3. The number of benzene rings is 2. The molecule has 0 aliphatic heterocycles. The molecule has 17 nitrogen and oxygen atoms in total. The number of rotatable bonds is 10. The minimum atomic E-state index is -1.62. The quantitative estimate of drug-likeness (QED) is 0.0555. The van der Waals surface area contributed by atoms with Crippen LogP contribution in [0.25, 0.3) is 0 Å². The van der Waals surface area contributed by atoms with Crippen molar-refractivity contribution in [2.45, 2.75) is 70.0 Å². The molecular weight excluding hydrogens is 975 g/mol. The molecule has 0 aliphatic carbocycles. The smallest absolute Gasteiger partial charge is 0.413 e. The summed E-state index contributed by atoms with van der Waals surface area (Å²) in [7, 11) is 3.09. The van der Waals surface area contributed by atoms with E-state index in [-0.39, 0.29) is 41.0 Å². The van der Waals surface area contributed by atoms with Crippen LogP contribution in [0.4, 0.5) is 31.2 Å². The van der Waals surface area contributed by atoms with E-state index in [1.165, 1.54) is 35.1 Å². The van der Waals surface area contributed by atoms with Crippen molar-refractivity contribution < 1.29 is 33.4 Å². The molecule has 7 N–H and O–H groups in total. The van der Waals surface area contributed by atoms with E-state index in [0.29, 0.717) is 50.3 Å². The van der Waals surface area contributed by atoms with Crippen molar-refractivity contribution in [2.24, 2.45) is 0 Å². The molecule has 0 saturated carbocycles. The van der Waals surface area contributed by atoms with Crippen molar-refractivity contribution in [3.8, 4) is 23.0 Å². The molecule has 6 aromatic rings. The number of nitrogens with one attached hydrogen (secondary N) is 5. The van der Waals surface area contributed by atoms with E-state index in [9.17, 15) is 19.2 Å². The summed E-state index contributed by atoms with van der Waals surface area (Å²) in [4.78, 5) is 65.8. The van der Waals surface area contributed by atoms with Gasteiger partial charge in [-0.3, -0.25) is 30.2 Å². The van der Waals surface area contributed by atoms with Gasteiger partial charge in [0.2, 0.25) is 3.79 Å². The zero-order chi connectivity index (χ0) is 50.4. The Morgan fingerprint density at radius 1 is 0.618 bits per heavy atom. The number of aromatic nitrogens is 4. The van der Waals surface area contributed by atoms with Crippen LogP contribution < -0.4 is 41.8 Å². The number of hydrogen-bond donors (Lipinski definition) is 6. The van der Waals surface area contributed by atoms with Gasteiger partial charge in [-0.25, -0.2) is 19.6 Å². The number of urea groups is 1. The Labute approximate surface area is 417 Å². The highest BCUT2D eigenvalue weighted by Gasteiger charge is 2.25. The predicted molar refractivity (Wildman–Crippen MR) is 272 cm³/mol. The van der Waals surface area contributed by atoms with Gasteiger partial charge in [-0.2, -0.15) is 0 Å². The van der Waals surface area contributed by atoms with E-state index in [2.05, 4.69) is 88.1 Å². The van der Waals surface area contributed by atoms with Crippen molar-refractivity contribution in [1.82, 2.24) is 30.6 Å². The van der Waals surface area contributed by atoms with Crippen LogP contribution in [0, 0.1) is 13.8 Å². The Kier molecular flexibility index (Phi) is 19.3. The number of carbonyl (C=O) groups is 4. The van der Waals surface area contributed by atoms with E-state index in [1.807, 2.05) is 13.8 Å². The van der Waals surface area contributed by atoms with Crippen molar-refractivity contribution in [1.29, 1.82) is 0 Å². The van der Waals surface area contributed by atoms with Gasteiger partial charge < -0.3 is 35.9 Å². The lowest BCUT2D eigenvalue weighted by Crippen LogP contribution is -2.21. The molecule has 4 aromatic heterocycles. The molecule has 0 fully saturated rings. The summed E-state index contributed by atoms with van der Waals surface area (Å²) in [5, 5.41) is 14.1. The lowest BCUT2D eigenvalue weighted by Gasteiger charge is -2.16. The number of pyridine rings is 2. The first-order valence-electron chi connectivity index (χ1n) is 20.6. The second kappa shape index (κ2) is 24.2. The number of carbonyl (C=O) groups excluding carboxylic acids is 4. The van der Waals surface area contributed by atoms with Gasteiger partial charge in [0, 0.05) is 59.8 Å². The average Bonchev–Trinajstić information content (AvgIpc) is 3.85. The Morgan fingerprint density at radius 3 is 1.44 bits per heavy atom. The third kappa shape index (κ3) is 17.8. The third-order valence-corrected chi connectivity index (χ3v) is 11.9. The summed E-state index contributed by atoms with van der Waals surface area (Å²) in [5.41, 5.74) is 9.19. The molecule has 68 heavy (non-hydrogen) atoms. The van der Waals surface area contributed by atoms with Crippen molar-refractivity contribution in [3.63, 3.8) is 0 Å². The fourth-order valence-electron chi connectivity index (χ4n) is 5.69. The topological polar surface area (TPSA) is 234 Å². The molecule has 0 atom stereocenters. The van der Waals surface area contributed by atoms with Crippen LogP contribution in [-0.2, 0) is 15.6 Å². The maximum Gasteiger partial charge on any atom is 0.413 e. The SMILES string of the molecule is CNC(=O)c1cc(Oc2ccc(N)cc2)ccn1.CNC(=O)c1cc(Oc2ccc(NC(=O)Nc3nc(C)c(C(C)(C)C)s3)cc2)ccn1.Cc1nc(NC(=O)OCC(Cl)(Cl)Cl)sc1C(C)(C)C. The van der Waals surface area contributed by atoms with Crippen LogP contribution in [0.1, 0.15) is 83.7 Å². The molecule has 2 aromatic carbocycles. The largest absolute Gasteiger partial charge is 0.457 e. The van der Waals surface area contributed by atoms with E-state index in [0.717, 1.165) is 21.1 Å². The lowest BCUT2D eigenvalue weighted by atomic mass is 9.93. The third-order valence-electron chi connectivity index (χ3n) is 8.60. The van der Waals surface area contributed by atoms with Crippen LogP contribution in [0.3, 0.4) is 0 Å². The first kappa shape index (κ1) is 54.4. The van der Waals surface area contributed by atoms with Crippen molar-refractivity contribution >= 4 is 103 Å². The standard InChI is InChI=1S/C22H25N5O3S.C13H13N3O2.C11H15Cl3N2O2S/c1-13-18(22(2,3)4)31-21(25-13)27-20(29)26-14-6-8-15(9-7-14)30-16-10-11-24-17(12-16)19(28)23-5;1-15-13(17)12-8-11(6-7-16-12)18-10-4-2-9(14)3-5-10;1-6-7(10(2,3)4)19-8(15-6)16-9(17)18-5-11(12,13)14/h6-12H,1-5H3,(H,23,28)(H2,25,26,27,29);2-8H,14H2,1H3,(H,15,17);5H2,1-4H3,(H,15,16,17). The van der Waals surface area contributed by atoms with E-state index in [4.69, 9.17) is 54.7 Å². The van der Waals surface area contributed by atoms with Crippen LogP contribution >= 0.6 is 57.5 Å². The normalized spacial score (nSPS) is 11.1. The van der Waals surface area contributed by atoms with Gasteiger partial charge in [-0.05, 0) is 85.3 Å². The predicted octanol–water partition coefficient (Wildman–Crippen LogP) is 11.4. The molecule has 0 bridgehead atoms. The number of thiazole rings is 2. The van der Waals surface area contributed by atoms with Crippen molar-refractivity contribution in [2.75, 3.05) is 42.4 Å². The molecule has 0 aliphatic rings. The monoisotopic (exact) mass is 1030 g/mol. The second-order valence-electron chi connectivity index (χ2n) is 16.5. The fourth-order valence-corrected chi connectivity index (χ4v) is 7.88. The first-order chi connectivity index (χ1) is 31.8. The summed E-state index contributed by atoms with van der Waals surface area (Å²) in [5.74, 6) is 1.71. The second-order valence-corrected chi connectivity index (χ2v) is 21.0. The summed E-state index contributed by atoms with van der Waals surface area (Å²) in [6.45, 7) is 16.1. The van der Waals surface area contributed by atoms with E-state index >= 15 is 0 Å². The number of halogens is 3. The highest BCUT2D eigenvalue weighted by Crippen LogP contribution is 2.35. The molecule has 6 rings (SSSR count). The van der Waals surface area contributed by atoms with Crippen LogP contribution in [0.2, 0.25) is 0 Å². The number of alkyl halides is 3. The highest BCUT2D eigenvalue weighted by molar-refractivity contribution is 7.16. The number of nitrogen functional groups attached to an aromatic ring is 1. The molecule has 0 radical (unpaired) electrons. The Bertz CT molecular complexity index is 2660. The number of amides is 5. The van der Waals surface area contributed by atoms with Crippen LogP contribution in [-0.4, -0.2) is 68.4 Å². The number of hydrogen-bond acceptors (Lipinski definition) is 14. The highest BCUT2D eigenvalue weighted by atomic mass is 35.6.